The van der Waals surface area contributed by atoms with E-state index in [1.807, 2.05) is 0 Å². The molecule has 0 bridgehead atoms. The number of hydrogen-bond acceptors (Lipinski definition) is 7. The predicted molar refractivity (Wildman–Crippen MR) is 57.9 cm³/mol. The van der Waals surface area contributed by atoms with Crippen molar-refractivity contribution in [1.82, 2.24) is 15.2 Å². The van der Waals surface area contributed by atoms with Crippen molar-refractivity contribution < 1.29 is 14.3 Å². The Bertz CT molecular complexity index is 515. The summed E-state index contributed by atoms with van der Waals surface area (Å²) >= 11 is 0.944. The van der Waals surface area contributed by atoms with Gasteiger partial charge in [-0.05, 0) is 19.1 Å². The fourth-order valence-electron chi connectivity index (χ4n) is 1.06. The Morgan fingerprint density at radius 2 is 2.35 bits per heavy atom. The summed E-state index contributed by atoms with van der Waals surface area (Å²) in [5, 5.41) is 17.6. The third-order valence-electron chi connectivity index (χ3n) is 1.92. The van der Waals surface area contributed by atoms with Crippen molar-refractivity contribution in [1.29, 1.82) is 0 Å². The van der Waals surface area contributed by atoms with Crippen LogP contribution in [0.3, 0.4) is 0 Å². The summed E-state index contributed by atoms with van der Waals surface area (Å²) in [5.74, 6) is -0.859. The first kappa shape index (κ1) is 11.6. The van der Waals surface area contributed by atoms with Gasteiger partial charge < -0.3 is 14.3 Å². The van der Waals surface area contributed by atoms with Crippen LogP contribution in [0.2, 0.25) is 0 Å². The topological polar surface area (TPSA) is 91.9 Å². The number of rotatable bonds is 4. The Morgan fingerprint density at radius 1 is 1.53 bits per heavy atom. The third-order valence-corrected chi connectivity index (χ3v) is 2.84. The summed E-state index contributed by atoms with van der Waals surface area (Å²) in [4.78, 5) is 14.5. The monoisotopic (exact) mass is 250 g/mol. The summed E-state index contributed by atoms with van der Waals surface area (Å²) in [7, 11) is 0. The van der Waals surface area contributed by atoms with Crippen molar-refractivity contribution in [2.45, 2.75) is 17.4 Å². The smallest absolute Gasteiger partial charge is 0.277 e. The molecule has 7 heteroatoms. The van der Waals surface area contributed by atoms with Crippen LogP contribution in [0.1, 0.15) is 6.92 Å². The van der Waals surface area contributed by atoms with Crippen molar-refractivity contribution in [2.75, 3.05) is 0 Å². The lowest BCUT2D eigenvalue weighted by Gasteiger charge is -2.07. The number of pyridine rings is 1. The van der Waals surface area contributed by atoms with Crippen LogP contribution in [0, 0.1) is 0 Å². The molecule has 0 spiro atoms. The standard InChI is InChI=1S/C10H9N3O3S/c1-6(9(14)15)17-10-13-12-8(16-10)7-3-2-4-11-5-7/h2-6H,1H3,(H,14,15)/p-1/t6-/m0/s1. The van der Waals surface area contributed by atoms with Crippen LogP contribution in [0.15, 0.2) is 34.2 Å². The minimum atomic E-state index is -1.17. The highest BCUT2D eigenvalue weighted by Crippen LogP contribution is 2.25. The van der Waals surface area contributed by atoms with E-state index < -0.39 is 11.2 Å². The Hall–Kier alpha value is -1.89. The zero-order valence-corrected chi connectivity index (χ0v) is 9.68. The van der Waals surface area contributed by atoms with Gasteiger partial charge in [-0.2, -0.15) is 0 Å². The average molecular weight is 250 g/mol. The van der Waals surface area contributed by atoms with E-state index in [9.17, 15) is 9.90 Å². The van der Waals surface area contributed by atoms with Gasteiger partial charge in [-0.3, -0.25) is 4.98 Å². The van der Waals surface area contributed by atoms with Crippen molar-refractivity contribution in [3.05, 3.63) is 24.5 Å². The van der Waals surface area contributed by atoms with E-state index in [4.69, 9.17) is 4.42 Å². The summed E-state index contributed by atoms with van der Waals surface area (Å²) in [5.41, 5.74) is 0.688. The molecule has 1 atom stereocenters. The Morgan fingerprint density at radius 3 is 3.00 bits per heavy atom. The average Bonchev–Trinajstić information content (AvgIpc) is 2.78. The van der Waals surface area contributed by atoms with Crippen LogP contribution < -0.4 is 5.11 Å². The predicted octanol–water partition coefficient (Wildman–Crippen LogP) is 0.362. The van der Waals surface area contributed by atoms with Gasteiger partial charge in [-0.1, -0.05) is 11.8 Å². The first-order valence-electron chi connectivity index (χ1n) is 4.78. The maximum atomic E-state index is 10.5. The quantitative estimate of drug-likeness (QED) is 0.723. The van der Waals surface area contributed by atoms with Crippen LogP contribution in [-0.4, -0.2) is 26.4 Å². The minimum Gasteiger partial charge on any atom is -0.549 e. The Kier molecular flexibility index (Phi) is 3.38. The highest BCUT2D eigenvalue weighted by molar-refractivity contribution is 8.00. The lowest BCUT2D eigenvalue weighted by molar-refractivity contribution is -0.304. The van der Waals surface area contributed by atoms with E-state index in [0.29, 0.717) is 11.5 Å². The van der Waals surface area contributed by atoms with Crippen LogP contribution >= 0.6 is 11.8 Å². The second-order valence-corrected chi connectivity index (χ2v) is 4.49. The van der Waals surface area contributed by atoms with E-state index in [1.165, 1.54) is 6.92 Å². The highest BCUT2D eigenvalue weighted by atomic mass is 32.2. The van der Waals surface area contributed by atoms with Gasteiger partial charge in [-0.25, -0.2) is 0 Å². The van der Waals surface area contributed by atoms with Crippen LogP contribution in [0.4, 0.5) is 0 Å². The molecule has 0 saturated heterocycles. The summed E-state index contributed by atoms with van der Waals surface area (Å²) in [6.45, 7) is 1.49. The molecule has 2 aromatic rings. The van der Waals surface area contributed by atoms with E-state index in [2.05, 4.69) is 15.2 Å². The molecule has 2 rings (SSSR count). The molecule has 0 fully saturated rings. The first-order valence-corrected chi connectivity index (χ1v) is 5.66. The van der Waals surface area contributed by atoms with Gasteiger partial charge in [-0.15, -0.1) is 10.2 Å². The molecule has 88 valence electrons. The van der Waals surface area contributed by atoms with Gasteiger partial charge in [0, 0.05) is 12.4 Å². The summed E-state index contributed by atoms with van der Waals surface area (Å²) < 4.78 is 5.30. The number of carbonyl (C=O) groups is 1. The maximum absolute atomic E-state index is 10.5. The van der Waals surface area contributed by atoms with Gasteiger partial charge in [0.25, 0.3) is 5.22 Å². The van der Waals surface area contributed by atoms with Crippen molar-refractivity contribution in [2.24, 2.45) is 0 Å². The first-order chi connectivity index (χ1) is 8.16. The molecule has 0 unspecified atom stereocenters. The molecule has 0 aliphatic carbocycles. The lowest BCUT2D eigenvalue weighted by atomic mass is 10.3. The van der Waals surface area contributed by atoms with Gasteiger partial charge in [0.1, 0.15) is 0 Å². The van der Waals surface area contributed by atoms with Gasteiger partial charge in [0.15, 0.2) is 0 Å². The van der Waals surface area contributed by atoms with E-state index in [1.54, 1.807) is 24.5 Å². The van der Waals surface area contributed by atoms with Crippen LogP contribution in [0.25, 0.3) is 11.5 Å². The third kappa shape index (κ3) is 2.82. The number of carbonyl (C=O) groups excluding carboxylic acids is 1. The molecule has 0 aliphatic heterocycles. The molecule has 2 aromatic heterocycles. The molecule has 2 heterocycles. The summed E-state index contributed by atoms with van der Waals surface area (Å²) in [6.07, 6.45) is 3.22. The van der Waals surface area contributed by atoms with Gasteiger partial charge in [0.2, 0.25) is 5.89 Å². The number of hydrogen-bond donors (Lipinski definition) is 0. The molecule has 0 N–H and O–H groups in total. The van der Waals surface area contributed by atoms with Gasteiger partial charge >= 0.3 is 0 Å². The fourth-order valence-corrected chi connectivity index (χ4v) is 1.68. The second-order valence-electron chi connectivity index (χ2n) is 3.19. The molecular weight excluding hydrogens is 242 g/mol. The molecule has 0 amide bonds. The number of nitrogens with zero attached hydrogens (tertiary/aromatic N) is 3. The largest absolute Gasteiger partial charge is 0.549 e. The Labute approximate surface area is 101 Å². The van der Waals surface area contributed by atoms with Crippen LogP contribution in [-0.2, 0) is 4.79 Å². The lowest BCUT2D eigenvalue weighted by Crippen LogP contribution is -2.31. The van der Waals surface area contributed by atoms with Crippen LogP contribution in [0.5, 0.6) is 0 Å². The highest BCUT2D eigenvalue weighted by Gasteiger charge is 2.13. The SMILES string of the molecule is C[C@H](Sc1nnc(-c2cccnc2)o1)C(=O)[O-]. The maximum Gasteiger partial charge on any atom is 0.277 e. The summed E-state index contributed by atoms with van der Waals surface area (Å²) in [6, 6.07) is 3.52. The Balaban J connectivity index is 2.14. The van der Waals surface area contributed by atoms with Gasteiger partial charge in [0.05, 0.1) is 16.8 Å². The number of carboxylic acid groups (broad SMARTS) is 1. The number of carboxylic acids is 1. The number of aromatic nitrogens is 3. The second kappa shape index (κ2) is 4.96. The molecule has 0 aliphatic rings. The normalized spacial score (nSPS) is 12.3. The molecule has 6 nitrogen and oxygen atoms in total. The molecule has 0 saturated carbocycles. The van der Waals surface area contributed by atoms with E-state index in [-0.39, 0.29) is 5.22 Å². The van der Waals surface area contributed by atoms with Crippen molar-refractivity contribution in [3.63, 3.8) is 0 Å². The minimum absolute atomic E-state index is 0.195. The van der Waals surface area contributed by atoms with E-state index in [0.717, 1.165) is 11.8 Å². The number of thioether (sulfide) groups is 1. The van der Waals surface area contributed by atoms with Crippen molar-refractivity contribution >= 4 is 17.7 Å². The molecular formula is C10H8N3O3S-. The molecule has 17 heavy (non-hydrogen) atoms. The zero-order valence-electron chi connectivity index (χ0n) is 8.86. The van der Waals surface area contributed by atoms with E-state index >= 15 is 0 Å². The molecule has 0 aromatic carbocycles. The molecule has 0 radical (unpaired) electrons. The van der Waals surface area contributed by atoms with Crippen molar-refractivity contribution in [3.8, 4) is 11.5 Å². The number of aliphatic carboxylic acids is 1. The fraction of sp³-hybridized carbons (Fsp3) is 0.200. The zero-order chi connectivity index (χ0) is 12.3.